The number of aromatic hydroxyl groups is 1. The number of benzene rings is 1. The minimum absolute atomic E-state index is 0.235. The molecule has 1 aliphatic rings. The molecule has 0 amide bonds. The number of phenols is 1. The summed E-state index contributed by atoms with van der Waals surface area (Å²) < 4.78 is 0. The number of nitrogens with one attached hydrogen (secondary N) is 1. The topological polar surface area (TPSA) is 32.3 Å². The van der Waals surface area contributed by atoms with Crippen LogP contribution in [0.15, 0.2) is 24.3 Å². The van der Waals surface area contributed by atoms with Crippen LogP contribution in [0.2, 0.25) is 0 Å². The Hall–Kier alpha value is -1.02. The van der Waals surface area contributed by atoms with Crippen LogP contribution < -0.4 is 5.32 Å². The Morgan fingerprint density at radius 2 is 2.07 bits per heavy atom. The second-order valence-electron chi connectivity index (χ2n) is 4.73. The van der Waals surface area contributed by atoms with E-state index in [0.717, 1.165) is 18.7 Å². The highest BCUT2D eigenvalue weighted by Gasteiger charge is 2.36. The van der Waals surface area contributed by atoms with E-state index < -0.39 is 0 Å². The molecule has 1 fully saturated rings. The lowest BCUT2D eigenvalue weighted by molar-refractivity contribution is 0.352. The molecule has 1 atom stereocenters. The van der Waals surface area contributed by atoms with E-state index in [9.17, 15) is 5.11 Å². The summed E-state index contributed by atoms with van der Waals surface area (Å²) in [5.41, 5.74) is 1.31. The van der Waals surface area contributed by atoms with Crippen LogP contribution in [0.3, 0.4) is 0 Å². The Morgan fingerprint density at radius 3 is 2.64 bits per heavy atom. The van der Waals surface area contributed by atoms with Crippen molar-refractivity contribution in [2.75, 3.05) is 13.1 Å². The second kappa shape index (κ2) is 3.28. The third kappa shape index (κ3) is 1.50. The van der Waals surface area contributed by atoms with Crippen LogP contribution in [0.1, 0.15) is 25.3 Å². The van der Waals surface area contributed by atoms with E-state index in [1.54, 1.807) is 6.07 Å². The first-order valence-electron chi connectivity index (χ1n) is 5.10. The number of hydrogen-bond acceptors (Lipinski definition) is 2. The molecule has 1 aliphatic heterocycles. The van der Waals surface area contributed by atoms with E-state index in [1.807, 2.05) is 18.2 Å². The molecule has 1 aromatic rings. The standard InChI is InChI=1S/C12H17NO/c1-12(2)8-13-7-10(12)9-5-3-4-6-11(9)14/h3-6,10,13-14H,7-8H2,1-2H3/t10-/m1/s1. The van der Waals surface area contributed by atoms with Gasteiger partial charge in [-0.3, -0.25) is 0 Å². The Balaban J connectivity index is 2.36. The van der Waals surface area contributed by atoms with Crippen LogP contribution in [0.4, 0.5) is 0 Å². The summed E-state index contributed by atoms with van der Waals surface area (Å²) in [5.74, 6) is 0.845. The van der Waals surface area contributed by atoms with Gasteiger partial charge in [0.15, 0.2) is 0 Å². The quantitative estimate of drug-likeness (QED) is 0.712. The number of phenolic OH excluding ortho intramolecular Hbond substituents is 1. The fourth-order valence-electron chi connectivity index (χ4n) is 2.25. The predicted molar refractivity (Wildman–Crippen MR) is 57.5 cm³/mol. The van der Waals surface area contributed by atoms with Crippen LogP contribution in [-0.2, 0) is 0 Å². The van der Waals surface area contributed by atoms with Gasteiger partial charge in [0.05, 0.1) is 0 Å². The van der Waals surface area contributed by atoms with Gasteiger partial charge in [-0.25, -0.2) is 0 Å². The zero-order chi connectivity index (χ0) is 10.2. The van der Waals surface area contributed by atoms with Crippen molar-refractivity contribution in [3.05, 3.63) is 29.8 Å². The molecular weight excluding hydrogens is 174 g/mol. The molecule has 2 heteroatoms. The smallest absolute Gasteiger partial charge is 0.119 e. The normalized spacial score (nSPS) is 25.1. The van der Waals surface area contributed by atoms with E-state index in [-0.39, 0.29) is 5.41 Å². The fraction of sp³-hybridized carbons (Fsp3) is 0.500. The van der Waals surface area contributed by atoms with Crippen molar-refractivity contribution < 1.29 is 5.11 Å². The zero-order valence-electron chi connectivity index (χ0n) is 8.75. The summed E-state index contributed by atoms with van der Waals surface area (Å²) in [6.45, 7) is 6.46. The first kappa shape index (κ1) is 9.53. The van der Waals surface area contributed by atoms with Crippen molar-refractivity contribution in [3.8, 4) is 5.75 Å². The van der Waals surface area contributed by atoms with Crippen molar-refractivity contribution in [1.82, 2.24) is 5.32 Å². The van der Waals surface area contributed by atoms with Gasteiger partial charge in [-0.05, 0) is 17.0 Å². The molecule has 0 aromatic heterocycles. The van der Waals surface area contributed by atoms with Crippen LogP contribution in [0.25, 0.3) is 0 Å². The van der Waals surface area contributed by atoms with Crippen molar-refractivity contribution >= 4 is 0 Å². The van der Waals surface area contributed by atoms with Gasteiger partial charge in [-0.15, -0.1) is 0 Å². The lowest BCUT2D eigenvalue weighted by Gasteiger charge is -2.26. The Labute approximate surface area is 85.0 Å². The summed E-state index contributed by atoms with van der Waals surface area (Å²) in [4.78, 5) is 0. The monoisotopic (exact) mass is 191 g/mol. The van der Waals surface area contributed by atoms with E-state index in [1.165, 1.54) is 0 Å². The summed E-state index contributed by atoms with van der Waals surface area (Å²) in [5, 5.41) is 13.2. The molecule has 2 nitrogen and oxygen atoms in total. The number of rotatable bonds is 1. The second-order valence-corrected chi connectivity index (χ2v) is 4.73. The fourth-order valence-corrected chi connectivity index (χ4v) is 2.25. The molecule has 14 heavy (non-hydrogen) atoms. The molecule has 0 radical (unpaired) electrons. The SMILES string of the molecule is CC1(C)CNC[C@@H]1c1ccccc1O. The summed E-state index contributed by atoms with van der Waals surface area (Å²) in [6.07, 6.45) is 0. The van der Waals surface area contributed by atoms with Crippen molar-refractivity contribution in [2.45, 2.75) is 19.8 Å². The van der Waals surface area contributed by atoms with Crippen LogP contribution >= 0.6 is 0 Å². The summed E-state index contributed by atoms with van der Waals surface area (Å²) in [6, 6.07) is 7.65. The van der Waals surface area contributed by atoms with E-state index in [0.29, 0.717) is 11.7 Å². The predicted octanol–water partition coefficient (Wildman–Crippen LogP) is 2.11. The van der Waals surface area contributed by atoms with Gasteiger partial charge in [-0.1, -0.05) is 32.0 Å². The average molecular weight is 191 g/mol. The summed E-state index contributed by atoms with van der Waals surface area (Å²) >= 11 is 0. The number of hydrogen-bond donors (Lipinski definition) is 2. The molecule has 0 spiro atoms. The molecule has 2 rings (SSSR count). The van der Waals surface area contributed by atoms with Crippen LogP contribution in [-0.4, -0.2) is 18.2 Å². The molecule has 0 aliphatic carbocycles. The van der Waals surface area contributed by atoms with E-state index in [2.05, 4.69) is 19.2 Å². The molecule has 1 saturated heterocycles. The van der Waals surface area contributed by atoms with Crippen molar-refractivity contribution in [1.29, 1.82) is 0 Å². The highest BCUT2D eigenvalue weighted by molar-refractivity contribution is 5.37. The maximum atomic E-state index is 9.78. The zero-order valence-corrected chi connectivity index (χ0v) is 8.75. The molecule has 76 valence electrons. The molecule has 0 saturated carbocycles. The van der Waals surface area contributed by atoms with Gasteiger partial charge in [-0.2, -0.15) is 0 Å². The molecule has 2 N–H and O–H groups in total. The highest BCUT2D eigenvalue weighted by Crippen LogP contribution is 2.41. The molecule has 1 heterocycles. The number of para-hydroxylation sites is 1. The molecular formula is C12H17NO. The van der Waals surface area contributed by atoms with Gasteiger partial charge in [0, 0.05) is 19.0 Å². The van der Waals surface area contributed by atoms with Crippen LogP contribution in [0.5, 0.6) is 5.75 Å². The Morgan fingerprint density at radius 1 is 1.36 bits per heavy atom. The van der Waals surface area contributed by atoms with Crippen LogP contribution in [0, 0.1) is 5.41 Å². The Kier molecular flexibility index (Phi) is 2.23. The lowest BCUT2D eigenvalue weighted by atomic mass is 9.77. The third-order valence-electron chi connectivity index (χ3n) is 3.18. The molecule has 0 bridgehead atoms. The molecule has 0 unspecified atom stereocenters. The third-order valence-corrected chi connectivity index (χ3v) is 3.18. The van der Waals surface area contributed by atoms with Gasteiger partial charge in [0.2, 0.25) is 0 Å². The first-order valence-corrected chi connectivity index (χ1v) is 5.10. The van der Waals surface area contributed by atoms with Gasteiger partial charge in [0.1, 0.15) is 5.75 Å². The summed E-state index contributed by atoms with van der Waals surface area (Å²) in [7, 11) is 0. The highest BCUT2D eigenvalue weighted by atomic mass is 16.3. The average Bonchev–Trinajstić information content (AvgIpc) is 2.46. The van der Waals surface area contributed by atoms with Gasteiger partial charge < -0.3 is 10.4 Å². The minimum atomic E-state index is 0.235. The molecule has 1 aromatic carbocycles. The van der Waals surface area contributed by atoms with Crippen molar-refractivity contribution in [2.24, 2.45) is 5.41 Å². The minimum Gasteiger partial charge on any atom is -0.508 e. The Bertz CT molecular complexity index is 333. The maximum Gasteiger partial charge on any atom is 0.119 e. The largest absolute Gasteiger partial charge is 0.508 e. The lowest BCUT2D eigenvalue weighted by Crippen LogP contribution is -2.20. The van der Waals surface area contributed by atoms with Gasteiger partial charge in [0.25, 0.3) is 0 Å². The maximum absolute atomic E-state index is 9.78. The van der Waals surface area contributed by atoms with E-state index in [4.69, 9.17) is 0 Å². The van der Waals surface area contributed by atoms with Gasteiger partial charge >= 0.3 is 0 Å². The van der Waals surface area contributed by atoms with Crippen molar-refractivity contribution in [3.63, 3.8) is 0 Å². The first-order chi connectivity index (χ1) is 6.61. The van der Waals surface area contributed by atoms with E-state index >= 15 is 0 Å².